The lowest BCUT2D eigenvalue weighted by Crippen LogP contribution is -2.53. The quantitative estimate of drug-likeness (QED) is 0.800. The van der Waals surface area contributed by atoms with Gasteiger partial charge in [0, 0.05) is 57.6 Å². The van der Waals surface area contributed by atoms with Gasteiger partial charge in [-0.2, -0.15) is 0 Å². The number of carbonyl (C=O) groups is 2. The molecule has 1 aromatic rings. The summed E-state index contributed by atoms with van der Waals surface area (Å²) in [5.41, 5.74) is 1.93. The van der Waals surface area contributed by atoms with Crippen molar-refractivity contribution in [3.63, 3.8) is 0 Å². The Morgan fingerprint density at radius 1 is 1.00 bits per heavy atom. The summed E-state index contributed by atoms with van der Waals surface area (Å²) in [5.74, 6) is 0.952. The molecule has 1 atom stereocenters. The van der Waals surface area contributed by atoms with Crippen LogP contribution in [0.5, 0.6) is 0 Å². The third kappa shape index (κ3) is 4.08. The Balaban J connectivity index is 1.58. The van der Waals surface area contributed by atoms with Crippen LogP contribution >= 0.6 is 0 Å². The van der Waals surface area contributed by atoms with E-state index in [4.69, 9.17) is 0 Å². The molecule has 3 rings (SSSR count). The minimum Gasteiger partial charge on any atom is -0.342 e. The Morgan fingerprint density at radius 2 is 1.64 bits per heavy atom. The smallest absolute Gasteiger partial charge is 0.227 e. The number of carbonyl (C=O) groups excluding carboxylic acids is 2. The molecule has 2 fully saturated rings. The average Bonchev–Trinajstić information content (AvgIpc) is 2.60. The second kappa shape index (κ2) is 7.37. The van der Waals surface area contributed by atoms with Crippen LogP contribution in [0.4, 0.5) is 5.95 Å². The van der Waals surface area contributed by atoms with E-state index in [1.165, 1.54) is 0 Å². The van der Waals surface area contributed by atoms with Crippen LogP contribution in [0.2, 0.25) is 0 Å². The van der Waals surface area contributed by atoms with E-state index in [1.807, 2.05) is 24.8 Å². The summed E-state index contributed by atoms with van der Waals surface area (Å²) in [5, 5.41) is 0. The summed E-state index contributed by atoms with van der Waals surface area (Å²) in [6, 6.07) is 1.97. The van der Waals surface area contributed by atoms with Gasteiger partial charge in [0.15, 0.2) is 0 Å². The molecule has 0 unspecified atom stereocenters. The van der Waals surface area contributed by atoms with E-state index in [0.29, 0.717) is 19.6 Å². The van der Waals surface area contributed by atoms with Crippen molar-refractivity contribution in [3.8, 4) is 0 Å². The van der Waals surface area contributed by atoms with Gasteiger partial charge < -0.3 is 14.7 Å². The van der Waals surface area contributed by atoms with Gasteiger partial charge >= 0.3 is 0 Å². The average molecular weight is 345 g/mol. The lowest BCUT2D eigenvalue weighted by molar-refractivity contribution is -0.140. The van der Waals surface area contributed by atoms with Crippen molar-refractivity contribution in [1.82, 2.24) is 19.8 Å². The Bertz CT molecular complexity index is 635. The molecule has 2 aliphatic heterocycles. The predicted octanol–water partition coefficient (Wildman–Crippen LogP) is 1.00. The maximum absolute atomic E-state index is 12.8. The molecule has 0 spiro atoms. The van der Waals surface area contributed by atoms with Gasteiger partial charge in [0.2, 0.25) is 17.8 Å². The molecular formula is C18H27N5O2. The van der Waals surface area contributed by atoms with Crippen LogP contribution in [0.1, 0.15) is 31.2 Å². The lowest BCUT2D eigenvalue weighted by atomic mass is 9.96. The van der Waals surface area contributed by atoms with Crippen LogP contribution in [-0.2, 0) is 9.59 Å². The number of hydrogen-bond acceptors (Lipinski definition) is 5. The molecule has 0 saturated carbocycles. The normalized spacial score (nSPS) is 21.4. The zero-order valence-electron chi connectivity index (χ0n) is 15.4. The standard InChI is InChI=1S/C18H27N5O2/c1-13-11-14(2)20-18(19-13)22-9-7-21(8-10-22)17(25)16-5-4-6-23(12-16)15(3)24/h11,16H,4-10,12H2,1-3H3/t16-/m1/s1. The summed E-state index contributed by atoms with van der Waals surface area (Å²) in [7, 11) is 0. The third-order valence-electron chi connectivity index (χ3n) is 5.06. The van der Waals surface area contributed by atoms with E-state index in [1.54, 1.807) is 11.8 Å². The molecule has 7 heteroatoms. The number of hydrogen-bond donors (Lipinski definition) is 0. The van der Waals surface area contributed by atoms with Gasteiger partial charge in [0.1, 0.15) is 0 Å². The van der Waals surface area contributed by atoms with Crippen LogP contribution in [-0.4, -0.2) is 70.9 Å². The number of anilines is 1. The van der Waals surface area contributed by atoms with Crippen LogP contribution in [0, 0.1) is 19.8 Å². The number of aromatic nitrogens is 2. The maximum atomic E-state index is 12.8. The van der Waals surface area contributed by atoms with Crippen molar-refractivity contribution in [1.29, 1.82) is 0 Å². The molecule has 2 amide bonds. The molecule has 2 aliphatic rings. The van der Waals surface area contributed by atoms with E-state index in [0.717, 1.165) is 49.8 Å². The predicted molar refractivity (Wildman–Crippen MR) is 95.3 cm³/mol. The Hall–Kier alpha value is -2.18. The molecule has 0 radical (unpaired) electrons. The van der Waals surface area contributed by atoms with Gasteiger partial charge in [-0.25, -0.2) is 9.97 Å². The Labute approximate surface area is 149 Å². The molecule has 136 valence electrons. The lowest BCUT2D eigenvalue weighted by Gasteiger charge is -2.39. The summed E-state index contributed by atoms with van der Waals surface area (Å²) in [6.07, 6.45) is 1.79. The molecule has 25 heavy (non-hydrogen) atoms. The van der Waals surface area contributed by atoms with Crippen molar-refractivity contribution in [2.45, 2.75) is 33.6 Å². The maximum Gasteiger partial charge on any atom is 0.227 e. The van der Waals surface area contributed by atoms with Gasteiger partial charge in [-0.05, 0) is 32.8 Å². The second-order valence-electron chi connectivity index (χ2n) is 7.07. The first-order chi connectivity index (χ1) is 11.9. The number of piperazine rings is 1. The number of rotatable bonds is 2. The number of piperidine rings is 1. The minimum absolute atomic E-state index is 0.0540. The van der Waals surface area contributed by atoms with Crippen LogP contribution in [0.25, 0.3) is 0 Å². The van der Waals surface area contributed by atoms with Crippen molar-refractivity contribution in [3.05, 3.63) is 17.5 Å². The van der Waals surface area contributed by atoms with E-state index in [9.17, 15) is 9.59 Å². The number of nitrogens with zero attached hydrogens (tertiary/aromatic N) is 5. The van der Waals surface area contributed by atoms with Crippen LogP contribution in [0.3, 0.4) is 0 Å². The molecule has 0 bridgehead atoms. The number of amides is 2. The van der Waals surface area contributed by atoms with Crippen molar-refractivity contribution < 1.29 is 9.59 Å². The fourth-order valence-electron chi connectivity index (χ4n) is 3.70. The minimum atomic E-state index is -0.0540. The molecule has 0 aliphatic carbocycles. The van der Waals surface area contributed by atoms with Gasteiger partial charge in [-0.1, -0.05) is 0 Å². The fraction of sp³-hybridized carbons (Fsp3) is 0.667. The monoisotopic (exact) mass is 345 g/mol. The molecule has 0 N–H and O–H groups in total. The Kier molecular flexibility index (Phi) is 5.20. The summed E-state index contributed by atoms with van der Waals surface area (Å²) in [6.45, 7) is 9.73. The van der Waals surface area contributed by atoms with Gasteiger partial charge in [0.05, 0.1) is 5.92 Å². The first-order valence-corrected chi connectivity index (χ1v) is 9.05. The van der Waals surface area contributed by atoms with Gasteiger partial charge in [-0.15, -0.1) is 0 Å². The molecule has 2 saturated heterocycles. The van der Waals surface area contributed by atoms with E-state index in [-0.39, 0.29) is 17.7 Å². The van der Waals surface area contributed by atoms with E-state index >= 15 is 0 Å². The van der Waals surface area contributed by atoms with Gasteiger partial charge in [0.25, 0.3) is 0 Å². The molecule has 0 aromatic carbocycles. The van der Waals surface area contributed by atoms with E-state index in [2.05, 4.69) is 14.9 Å². The van der Waals surface area contributed by atoms with Gasteiger partial charge in [-0.3, -0.25) is 9.59 Å². The summed E-state index contributed by atoms with van der Waals surface area (Å²) < 4.78 is 0. The number of likely N-dealkylation sites (tertiary alicyclic amines) is 1. The second-order valence-corrected chi connectivity index (χ2v) is 7.07. The first-order valence-electron chi connectivity index (χ1n) is 9.05. The highest BCUT2D eigenvalue weighted by atomic mass is 16.2. The van der Waals surface area contributed by atoms with E-state index < -0.39 is 0 Å². The topological polar surface area (TPSA) is 69.6 Å². The molecule has 1 aromatic heterocycles. The van der Waals surface area contributed by atoms with Crippen LogP contribution < -0.4 is 4.90 Å². The summed E-state index contributed by atoms with van der Waals surface area (Å²) >= 11 is 0. The highest BCUT2D eigenvalue weighted by molar-refractivity contribution is 5.81. The molecule has 7 nitrogen and oxygen atoms in total. The largest absolute Gasteiger partial charge is 0.342 e. The summed E-state index contributed by atoms with van der Waals surface area (Å²) in [4.78, 5) is 39.3. The zero-order chi connectivity index (χ0) is 18.0. The molecule has 3 heterocycles. The molecular weight excluding hydrogens is 318 g/mol. The van der Waals surface area contributed by atoms with Crippen molar-refractivity contribution in [2.75, 3.05) is 44.2 Å². The van der Waals surface area contributed by atoms with Crippen LogP contribution in [0.15, 0.2) is 6.07 Å². The Morgan fingerprint density at radius 3 is 2.24 bits per heavy atom. The van der Waals surface area contributed by atoms with Crippen molar-refractivity contribution >= 4 is 17.8 Å². The SMILES string of the molecule is CC(=O)N1CCC[C@@H](C(=O)N2CCN(c3nc(C)cc(C)n3)CC2)C1. The highest BCUT2D eigenvalue weighted by Gasteiger charge is 2.32. The highest BCUT2D eigenvalue weighted by Crippen LogP contribution is 2.21. The first kappa shape index (κ1) is 17.6. The number of aryl methyl sites for hydroxylation is 2. The van der Waals surface area contributed by atoms with Crippen molar-refractivity contribution in [2.24, 2.45) is 5.92 Å². The fourth-order valence-corrected chi connectivity index (χ4v) is 3.70. The third-order valence-corrected chi connectivity index (χ3v) is 5.06. The zero-order valence-corrected chi connectivity index (χ0v) is 15.4.